The van der Waals surface area contributed by atoms with Crippen LogP contribution in [0.3, 0.4) is 0 Å². The first kappa shape index (κ1) is 26.0. The molecule has 0 aliphatic carbocycles. The summed E-state index contributed by atoms with van der Waals surface area (Å²) in [6.07, 6.45) is 3.10. The molecule has 0 spiro atoms. The van der Waals surface area contributed by atoms with Gasteiger partial charge in [0.25, 0.3) is 0 Å². The first-order valence-corrected chi connectivity index (χ1v) is 13.6. The summed E-state index contributed by atoms with van der Waals surface area (Å²) in [7, 11) is 1.75. The maximum atomic E-state index is 13.3. The Hall–Kier alpha value is -3.66. The Morgan fingerprint density at radius 3 is 2.58 bits per heavy atom. The summed E-state index contributed by atoms with van der Waals surface area (Å²) in [4.78, 5) is 17.6. The molecule has 5 rings (SSSR count). The first-order valence-electron chi connectivity index (χ1n) is 13.6. The zero-order chi connectivity index (χ0) is 26.3. The molecule has 0 radical (unpaired) electrons. The number of ether oxygens (including phenoxy) is 1. The second kappa shape index (κ2) is 12.3. The molecule has 2 heterocycles. The van der Waals surface area contributed by atoms with Gasteiger partial charge in [-0.2, -0.15) is 5.26 Å². The van der Waals surface area contributed by atoms with Crippen LogP contribution in [0.5, 0.6) is 0 Å². The summed E-state index contributed by atoms with van der Waals surface area (Å²) in [5, 5.41) is 12.6. The summed E-state index contributed by atoms with van der Waals surface area (Å²) in [5.74, 6) is 0.730. The zero-order valence-corrected chi connectivity index (χ0v) is 22.1. The largest absolute Gasteiger partial charge is 0.383 e. The van der Waals surface area contributed by atoms with E-state index in [1.54, 1.807) is 7.11 Å². The molecule has 0 aromatic heterocycles. The van der Waals surface area contributed by atoms with E-state index in [4.69, 9.17) is 4.74 Å². The Morgan fingerprint density at radius 2 is 1.82 bits per heavy atom. The van der Waals surface area contributed by atoms with Crippen molar-refractivity contribution in [1.82, 2.24) is 10.2 Å². The number of methoxy groups -OCH3 is 1. The van der Waals surface area contributed by atoms with E-state index < -0.39 is 0 Å². The maximum Gasteiger partial charge on any atom is 0.321 e. The van der Waals surface area contributed by atoms with Gasteiger partial charge in [-0.25, -0.2) is 4.79 Å². The molecule has 1 N–H and O–H groups in total. The normalized spacial score (nSPS) is 16.6. The fraction of sp³-hybridized carbons (Fsp3) is 0.375. The molecular formula is C32H36N4O2. The van der Waals surface area contributed by atoms with Gasteiger partial charge in [-0.15, -0.1) is 0 Å². The van der Waals surface area contributed by atoms with Crippen LogP contribution in [0, 0.1) is 17.2 Å². The van der Waals surface area contributed by atoms with Gasteiger partial charge in [0.2, 0.25) is 0 Å². The SMILES string of the molecule is COCCN1CCC(C(CNC(=O)N2CCc3ccccc32)c2ccc(-c3cccc(C#N)c3)cc2)CC1. The number of piperidine rings is 1. The number of para-hydroxylation sites is 1. The number of nitrogens with one attached hydrogen (secondary N) is 1. The van der Waals surface area contributed by atoms with Crippen LogP contribution in [0.4, 0.5) is 10.5 Å². The number of rotatable bonds is 8. The highest BCUT2D eigenvalue weighted by molar-refractivity contribution is 5.94. The molecule has 3 aromatic carbocycles. The number of fused-ring (bicyclic) bond motifs is 1. The third-order valence-corrected chi connectivity index (χ3v) is 8.08. The van der Waals surface area contributed by atoms with Crippen molar-refractivity contribution < 1.29 is 9.53 Å². The van der Waals surface area contributed by atoms with E-state index in [0.29, 0.717) is 18.0 Å². The van der Waals surface area contributed by atoms with Crippen molar-refractivity contribution in [3.63, 3.8) is 0 Å². The number of anilines is 1. The molecule has 1 saturated heterocycles. The Kier molecular flexibility index (Phi) is 8.37. The van der Waals surface area contributed by atoms with Crippen molar-refractivity contribution in [3.8, 4) is 17.2 Å². The van der Waals surface area contributed by atoms with Gasteiger partial charge in [-0.3, -0.25) is 4.90 Å². The predicted octanol–water partition coefficient (Wildman–Crippen LogP) is 5.44. The number of amides is 2. The third kappa shape index (κ3) is 5.91. The number of nitrogens with zero attached hydrogens (tertiary/aromatic N) is 3. The van der Waals surface area contributed by atoms with Gasteiger partial charge in [-0.1, -0.05) is 54.6 Å². The lowest BCUT2D eigenvalue weighted by Crippen LogP contribution is -2.43. The van der Waals surface area contributed by atoms with E-state index in [0.717, 1.165) is 68.9 Å². The minimum atomic E-state index is -0.0116. The molecule has 1 unspecified atom stereocenters. The molecule has 0 bridgehead atoms. The third-order valence-electron chi connectivity index (χ3n) is 8.08. The summed E-state index contributed by atoms with van der Waals surface area (Å²) < 4.78 is 5.28. The van der Waals surface area contributed by atoms with Crippen molar-refractivity contribution in [3.05, 3.63) is 89.5 Å². The first-order chi connectivity index (χ1) is 18.7. The van der Waals surface area contributed by atoms with Crippen LogP contribution in [0.1, 0.15) is 35.4 Å². The Bertz CT molecular complexity index is 1280. The Labute approximate surface area is 225 Å². The van der Waals surface area contributed by atoms with E-state index in [1.807, 2.05) is 47.4 Å². The molecule has 1 fully saturated rings. The van der Waals surface area contributed by atoms with Gasteiger partial charge in [0.1, 0.15) is 0 Å². The molecule has 2 aliphatic rings. The highest BCUT2D eigenvalue weighted by Gasteiger charge is 2.30. The highest BCUT2D eigenvalue weighted by Crippen LogP contribution is 2.34. The molecular weight excluding hydrogens is 472 g/mol. The standard InChI is InChI=1S/C32H36N4O2/c1-38-20-19-35-16-13-27(14-17-35)30(23-34-32(37)36-18-15-28-6-2-3-8-31(28)36)26-11-9-25(10-12-26)29-7-4-5-24(21-29)22-33/h2-12,21,27,30H,13-20,23H2,1H3,(H,34,37). The quantitative estimate of drug-likeness (QED) is 0.440. The number of nitriles is 1. The Morgan fingerprint density at radius 1 is 1.03 bits per heavy atom. The topological polar surface area (TPSA) is 68.6 Å². The zero-order valence-electron chi connectivity index (χ0n) is 22.1. The van der Waals surface area contributed by atoms with E-state index >= 15 is 0 Å². The summed E-state index contributed by atoms with van der Waals surface area (Å²) in [6, 6.07) is 26.8. The number of likely N-dealkylation sites (tertiary alicyclic amines) is 1. The van der Waals surface area contributed by atoms with Crippen molar-refractivity contribution in [2.45, 2.75) is 25.2 Å². The van der Waals surface area contributed by atoms with Crippen molar-refractivity contribution in [2.75, 3.05) is 51.3 Å². The molecule has 196 valence electrons. The molecule has 2 amide bonds. The fourth-order valence-electron chi connectivity index (χ4n) is 5.89. The van der Waals surface area contributed by atoms with E-state index in [-0.39, 0.29) is 11.9 Å². The highest BCUT2D eigenvalue weighted by atomic mass is 16.5. The summed E-state index contributed by atoms with van der Waals surface area (Å²) in [6.45, 7) is 5.17. The van der Waals surface area contributed by atoms with E-state index in [1.165, 1.54) is 11.1 Å². The van der Waals surface area contributed by atoms with Gasteiger partial charge in [0, 0.05) is 38.3 Å². The van der Waals surface area contributed by atoms with Gasteiger partial charge in [-0.05, 0) is 78.7 Å². The number of urea groups is 1. The lowest BCUT2D eigenvalue weighted by molar-refractivity contribution is 0.114. The van der Waals surface area contributed by atoms with Crippen LogP contribution in [0.25, 0.3) is 11.1 Å². The van der Waals surface area contributed by atoms with Crippen LogP contribution >= 0.6 is 0 Å². The fourth-order valence-corrected chi connectivity index (χ4v) is 5.89. The lowest BCUT2D eigenvalue weighted by Gasteiger charge is -2.36. The monoisotopic (exact) mass is 508 g/mol. The molecule has 1 atom stereocenters. The van der Waals surface area contributed by atoms with Crippen LogP contribution < -0.4 is 10.2 Å². The number of carbonyl (C=O) groups is 1. The number of carbonyl (C=O) groups excluding carboxylic acids is 1. The van der Waals surface area contributed by atoms with Crippen LogP contribution in [0.15, 0.2) is 72.8 Å². The van der Waals surface area contributed by atoms with Crippen molar-refractivity contribution in [1.29, 1.82) is 5.26 Å². The molecule has 6 nitrogen and oxygen atoms in total. The predicted molar refractivity (Wildman–Crippen MR) is 151 cm³/mol. The smallest absolute Gasteiger partial charge is 0.321 e. The second-order valence-electron chi connectivity index (χ2n) is 10.3. The van der Waals surface area contributed by atoms with E-state index in [9.17, 15) is 10.1 Å². The molecule has 38 heavy (non-hydrogen) atoms. The number of benzene rings is 3. The van der Waals surface area contributed by atoms with Gasteiger partial charge < -0.3 is 15.0 Å². The van der Waals surface area contributed by atoms with Crippen LogP contribution in [-0.4, -0.2) is 57.4 Å². The van der Waals surface area contributed by atoms with Crippen molar-refractivity contribution >= 4 is 11.7 Å². The average molecular weight is 509 g/mol. The number of hydrogen-bond donors (Lipinski definition) is 1. The Balaban J connectivity index is 1.32. The van der Waals surface area contributed by atoms with Crippen molar-refractivity contribution in [2.24, 2.45) is 5.92 Å². The summed E-state index contributed by atoms with van der Waals surface area (Å²) >= 11 is 0. The minimum absolute atomic E-state index is 0.0116. The lowest BCUT2D eigenvalue weighted by atomic mass is 9.79. The van der Waals surface area contributed by atoms with Crippen LogP contribution in [0.2, 0.25) is 0 Å². The van der Waals surface area contributed by atoms with Crippen LogP contribution in [-0.2, 0) is 11.2 Å². The second-order valence-corrected chi connectivity index (χ2v) is 10.3. The summed E-state index contributed by atoms with van der Waals surface area (Å²) in [5.41, 5.74) is 6.31. The minimum Gasteiger partial charge on any atom is -0.383 e. The van der Waals surface area contributed by atoms with Gasteiger partial charge >= 0.3 is 6.03 Å². The van der Waals surface area contributed by atoms with Gasteiger partial charge in [0.05, 0.1) is 18.2 Å². The van der Waals surface area contributed by atoms with E-state index in [2.05, 4.69) is 46.6 Å². The molecule has 3 aromatic rings. The molecule has 2 aliphatic heterocycles. The molecule has 0 saturated carbocycles. The maximum absolute atomic E-state index is 13.3. The van der Waals surface area contributed by atoms with Gasteiger partial charge in [0.15, 0.2) is 0 Å². The molecule has 6 heteroatoms. The number of hydrogen-bond acceptors (Lipinski definition) is 4. The average Bonchev–Trinajstić information content (AvgIpc) is 3.41.